The molecular formula is C5H7ClN2O2S2. The van der Waals surface area contributed by atoms with E-state index in [9.17, 15) is 8.42 Å². The molecular weight excluding hydrogens is 220 g/mol. The van der Waals surface area contributed by atoms with Gasteiger partial charge in [0.15, 0.2) is 0 Å². The monoisotopic (exact) mass is 226 g/mol. The molecule has 0 aromatic carbocycles. The molecule has 1 aromatic rings. The Morgan fingerprint density at radius 2 is 2.33 bits per heavy atom. The van der Waals surface area contributed by atoms with Gasteiger partial charge in [0.25, 0.3) is 0 Å². The van der Waals surface area contributed by atoms with E-state index >= 15 is 0 Å². The fourth-order valence-electron chi connectivity index (χ4n) is 0.630. The second-order valence-electron chi connectivity index (χ2n) is 2.07. The Labute approximate surface area is 79.5 Å². The number of alkyl halides is 1. The van der Waals surface area contributed by atoms with Crippen LogP contribution in [0, 0.1) is 0 Å². The molecule has 0 radical (unpaired) electrons. The van der Waals surface area contributed by atoms with Crippen LogP contribution in [0.25, 0.3) is 0 Å². The van der Waals surface area contributed by atoms with Crippen molar-refractivity contribution in [3.8, 4) is 0 Å². The quantitative estimate of drug-likeness (QED) is 0.717. The van der Waals surface area contributed by atoms with Crippen molar-refractivity contribution in [2.45, 2.75) is 10.8 Å². The number of nitrogens with zero attached hydrogens (tertiary/aromatic N) is 2. The van der Waals surface area contributed by atoms with Crippen LogP contribution in [0.4, 0.5) is 0 Å². The lowest BCUT2D eigenvalue weighted by Crippen LogP contribution is -2.06. The first-order valence-corrected chi connectivity index (χ1v) is 6.28. The predicted octanol–water partition coefficient (Wildman–Crippen LogP) is 0.941. The van der Waals surface area contributed by atoms with Gasteiger partial charge in [0, 0.05) is 5.88 Å². The molecule has 4 nitrogen and oxygen atoms in total. The van der Waals surface area contributed by atoms with Crippen molar-refractivity contribution in [2.75, 3.05) is 11.6 Å². The predicted molar refractivity (Wildman–Crippen MR) is 47.3 cm³/mol. The summed E-state index contributed by atoms with van der Waals surface area (Å²) in [6.45, 7) is 0. The third-order valence-electron chi connectivity index (χ3n) is 1.15. The van der Waals surface area contributed by atoms with E-state index in [2.05, 4.69) is 10.2 Å². The Hall–Kier alpha value is -0.200. The fourth-order valence-corrected chi connectivity index (χ4v) is 3.04. The fraction of sp³-hybridized carbons (Fsp3) is 0.600. The van der Waals surface area contributed by atoms with E-state index in [1.807, 2.05) is 0 Å². The maximum Gasteiger partial charge on any atom is 0.232 e. The van der Waals surface area contributed by atoms with Gasteiger partial charge in [0.05, 0.1) is 5.75 Å². The zero-order valence-corrected chi connectivity index (χ0v) is 8.49. The van der Waals surface area contributed by atoms with Gasteiger partial charge in [-0.25, -0.2) is 8.42 Å². The van der Waals surface area contributed by atoms with Crippen LogP contribution >= 0.6 is 22.9 Å². The summed E-state index contributed by atoms with van der Waals surface area (Å²) in [6, 6.07) is 0. The smallest absolute Gasteiger partial charge is 0.221 e. The van der Waals surface area contributed by atoms with Crippen molar-refractivity contribution in [2.24, 2.45) is 0 Å². The van der Waals surface area contributed by atoms with Gasteiger partial charge >= 0.3 is 0 Å². The molecule has 0 N–H and O–H groups in total. The first-order valence-electron chi connectivity index (χ1n) is 3.22. The first kappa shape index (κ1) is 9.88. The number of halogens is 1. The SMILES string of the molecule is O=S(=O)(CCCCl)c1nncs1. The molecule has 1 rings (SSSR count). The molecule has 0 bridgehead atoms. The van der Waals surface area contributed by atoms with Gasteiger partial charge in [-0.3, -0.25) is 0 Å². The van der Waals surface area contributed by atoms with Crippen molar-refractivity contribution in [1.29, 1.82) is 0 Å². The Kier molecular flexibility index (Phi) is 3.42. The molecule has 68 valence electrons. The van der Waals surface area contributed by atoms with E-state index < -0.39 is 9.84 Å². The van der Waals surface area contributed by atoms with Gasteiger partial charge in [-0.2, -0.15) is 0 Å². The zero-order valence-electron chi connectivity index (χ0n) is 6.10. The van der Waals surface area contributed by atoms with E-state index in [0.29, 0.717) is 12.3 Å². The van der Waals surface area contributed by atoms with Crippen LogP contribution in [-0.2, 0) is 9.84 Å². The lowest BCUT2D eigenvalue weighted by Gasteiger charge is -1.95. The van der Waals surface area contributed by atoms with Crippen molar-refractivity contribution < 1.29 is 8.42 Å². The van der Waals surface area contributed by atoms with Crippen molar-refractivity contribution >= 4 is 32.8 Å². The molecule has 7 heteroatoms. The van der Waals surface area contributed by atoms with E-state index in [-0.39, 0.29) is 10.1 Å². The molecule has 12 heavy (non-hydrogen) atoms. The minimum Gasteiger partial charge on any atom is -0.221 e. The summed E-state index contributed by atoms with van der Waals surface area (Å²) >= 11 is 6.40. The average Bonchev–Trinajstić information content (AvgIpc) is 2.53. The highest BCUT2D eigenvalue weighted by Gasteiger charge is 2.16. The number of hydrogen-bond acceptors (Lipinski definition) is 5. The number of rotatable bonds is 4. The van der Waals surface area contributed by atoms with Crippen molar-refractivity contribution in [1.82, 2.24) is 10.2 Å². The third kappa shape index (κ3) is 2.40. The third-order valence-corrected chi connectivity index (χ3v) is 4.39. The Morgan fingerprint density at radius 1 is 1.58 bits per heavy atom. The molecule has 0 spiro atoms. The number of sulfone groups is 1. The number of hydrogen-bond donors (Lipinski definition) is 0. The standard InChI is InChI=1S/C5H7ClN2O2S2/c6-2-1-3-12(9,10)5-8-7-4-11-5/h4H,1-3H2. The van der Waals surface area contributed by atoms with Crippen molar-refractivity contribution in [3.63, 3.8) is 0 Å². The summed E-state index contributed by atoms with van der Waals surface area (Å²) in [6.07, 6.45) is 0.448. The summed E-state index contributed by atoms with van der Waals surface area (Å²) in [4.78, 5) is 0. The lowest BCUT2D eigenvalue weighted by atomic mass is 10.6. The molecule has 0 atom stereocenters. The van der Waals surface area contributed by atoms with E-state index in [0.717, 1.165) is 11.3 Å². The largest absolute Gasteiger partial charge is 0.232 e. The molecule has 0 fully saturated rings. The Morgan fingerprint density at radius 3 is 2.83 bits per heavy atom. The van der Waals surface area contributed by atoms with Gasteiger partial charge in [-0.1, -0.05) is 11.3 Å². The highest BCUT2D eigenvalue weighted by molar-refractivity contribution is 7.93. The molecule has 1 aromatic heterocycles. The lowest BCUT2D eigenvalue weighted by molar-refractivity contribution is 0.593. The molecule has 0 unspecified atom stereocenters. The second-order valence-corrected chi connectivity index (χ2v) is 5.56. The molecule has 1 heterocycles. The summed E-state index contributed by atoms with van der Waals surface area (Å²) in [5.41, 5.74) is 1.40. The van der Waals surface area contributed by atoms with Crippen LogP contribution in [0.5, 0.6) is 0 Å². The summed E-state index contributed by atoms with van der Waals surface area (Å²) in [5, 5.41) is 6.93. The summed E-state index contributed by atoms with van der Waals surface area (Å²) in [5.74, 6) is 0.393. The Bertz CT molecular complexity index is 321. The van der Waals surface area contributed by atoms with Gasteiger partial charge in [0.2, 0.25) is 14.2 Å². The topological polar surface area (TPSA) is 59.9 Å². The normalized spacial score (nSPS) is 11.8. The molecule has 0 amide bonds. The van der Waals surface area contributed by atoms with Gasteiger partial charge in [-0.15, -0.1) is 21.8 Å². The van der Waals surface area contributed by atoms with Gasteiger partial charge < -0.3 is 0 Å². The molecule has 0 saturated carbocycles. The van der Waals surface area contributed by atoms with Gasteiger partial charge in [0.1, 0.15) is 5.51 Å². The minimum atomic E-state index is -3.22. The zero-order chi connectivity index (χ0) is 9.03. The van der Waals surface area contributed by atoms with Crippen LogP contribution in [-0.4, -0.2) is 30.2 Å². The summed E-state index contributed by atoms with van der Waals surface area (Å²) < 4.78 is 22.7. The molecule has 0 saturated heterocycles. The van der Waals surface area contributed by atoms with E-state index in [4.69, 9.17) is 11.6 Å². The molecule has 0 aliphatic rings. The number of aromatic nitrogens is 2. The van der Waals surface area contributed by atoms with Crippen LogP contribution in [0.2, 0.25) is 0 Å². The highest BCUT2D eigenvalue weighted by Crippen LogP contribution is 2.12. The minimum absolute atomic E-state index is 0.0473. The van der Waals surface area contributed by atoms with Crippen LogP contribution in [0.1, 0.15) is 6.42 Å². The maximum absolute atomic E-state index is 11.3. The molecule has 0 aliphatic carbocycles. The highest BCUT2D eigenvalue weighted by atomic mass is 35.5. The maximum atomic E-state index is 11.3. The van der Waals surface area contributed by atoms with Crippen LogP contribution in [0.15, 0.2) is 9.85 Å². The second kappa shape index (κ2) is 4.15. The Balaban J connectivity index is 2.74. The van der Waals surface area contributed by atoms with E-state index in [1.54, 1.807) is 0 Å². The van der Waals surface area contributed by atoms with Crippen molar-refractivity contribution in [3.05, 3.63) is 5.51 Å². The van der Waals surface area contributed by atoms with Gasteiger partial charge in [-0.05, 0) is 6.42 Å². The molecule has 0 aliphatic heterocycles. The first-order chi connectivity index (χ1) is 5.67. The van der Waals surface area contributed by atoms with E-state index in [1.165, 1.54) is 5.51 Å². The van der Waals surface area contributed by atoms with Crippen LogP contribution < -0.4 is 0 Å². The average molecular weight is 227 g/mol. The van der Waals surface area contributed by atoms with Crippen LogP contribution in [0.3, 0.4) is 0 Å². The summed E-state index contributed by atoms with van der Waals surface area (Å²) in [7, 11) is -3.22.